The van der Waals surface area contributed by atoms with Crippen molar-refractivity contribution in [2.45, 2.75) is 51.5 Å². The molecule has 2 aromatic heterocycles. The Bertz CT molecular complexity index is 1290. The third-order valence-corrected chi connectivity index (χ3v) is 6.56. The number of anilines is 4. The Hall–Kier alpha value is -3.78. The van der Waals surface area contributed by atoms with Crippen LogP contribution in [0.3, 0.4) is 0 Å². The van der Waals surface area contributed by atoms with Gasteiger partial charge in [0.2, 0.25) is 0 Å². The van der Waals surface area contributed by atoms with E-state index < -0.39 is 0 Å². The summed E-state index contributed by atoms with van der Waals surface area (Å²) in [4.78, 5) is 28.8. The Morgan fingerprint density at radius 1 is 1.14 bits per heavy atom. The average molecular weight is 502 g/mol. The third kappa shape index (κ3) is 6.51. The van der Waals surface area contributed by atoms with Crippen LogP contribution >= 0.6 is 0 Å². The molecule has 4 rings (SSSR count). The summed E-state index contributed by atoms with van der Waals surface area (Å²) in [5, 5.41) is 9.57. The van der Waals surface area contributed by atoms with Crippen molar-refractivity contribution in [3.63, 3.8) is 0 Å². The molecule has 3 aromatic rings. The number of fused-ring (bicyclic) bond motifs is 1. The number of pyridine rings is 1. The maximum Gasteiger partial charge on any atom is 0.255 e. The molecule has 0 radical (unpaired) electrons. The number of hydrogen-bond donors (Lipinski definition) is 3. The maximum absolute atomic E-state index is 12.9. The van der Waals surface area contributed by atoms with Crippen LogP contribution in [-0.2, 0) is 18.3 Å². The first-order chi connectivity index (χ1) is 17.6. The lowest BCUT2D eigenvalue weighted by atomic mass is 9.87. The summed E-state index contributed by atoms with van der Waals surface area (Å²) in [5.74, 6) is 1.72. The van der Waals surface area contributed by atoms with E-state index in [-0.39, 0.29) is 12.7 Å². The number of aromatic nitrogens is 3. The smallest absolute Gasteiger partial charge is 0.255 e. The van der Waals surface area contributed by atoms with Crippen molar-refractivity contribution in [1.29, 1.82) is 0 Å². The van der Waals surface area contributed by atoms with Gasteiger partial charge in [-0.3, -0.25) is 4.79 Å². The summed E-state index contributed by atoms with van der Waals surface area (Å²) >= 11 is 0. The van der Waals surface area contributed by atoms with Crippen LogP contribution in [0.1, 0.15) is 55.9 Å². The lowest BCUT2D eigenvalue weighted by Gasteiger charge is -2.30. The van der Waals surface area contributed by atoms with E-state index in [4.69, 9.17) is 0 Å². The fourth-order valence-corrected chi connectivity index (χ4v) is 4.40. The number of benzene rings is 1. The van der Waals surface area contributed by atoms with Gasteiger partial charge >= 0.3 is 0 Å². The van der Waals surface area contributed by atoms with Crippen molar-refractivity contribution in [3.8, 4) is 0 Å². The third-order valence-electron chi connectivity index (χ3n) is 6.56. The second kappa shape index (κ2) is 11.1. The number of amides is 1. The van der Waals surface area contributed by atoms with Gasteiger partial charge in [0, 0.05) is 43.6 Å². The van der Waals surface area contributed by atoms with E-state index in [0.29, 0.717) is 41.3 Å². The number of aryl methyl sites for hydroxylation is 1. The fourth-order valence-electron chi connectivity index (χ4n) is 4.40. The van der Waals surface area contributed by atoms with Crippen LogP contribution in [0.2, 0.25) is 0 Å². The Morgan fingerprint density at radius 3 is 2.68 bits per heavy atom. The van der Waals surface area contributed by atoms with Gasteiger partial charge in [0.1, 0.15) is 17.5 Å². The standard InChI is InChI=1S/C29H37N7O.H2/c1-7-13-30-27(37)23-18-32-26(17-24(23)34-25-12-14-31-28(35-25)29(2,3)4)33-21-10-8-19-9-11-22(36(5)6)16-20(19)15-21;/h7-8,10,12,14-15,17-18,22H,1,9,11,13,16H2,2-6H3,(H,30,37)(H2,31,32,33,34,35);1H. The molecule has 1 aliphatic rings. The molecule has 0 spiro atoms. The van der Waals surface area contributed by atoms with E-state index in [0.717, 1.165) is 18.5 Å². The zero-order valence-corrected chi connectivity index (χ0v) is 22.4. The number of carbonyl (C=O) groups is 1. The van der Waals surface area contributed by atoms with Gasteiger partial charge in [0.05, 0.1) is 11.3 Å². The molecule has 8 nitrogen and oxygen atoms in total. The summed E-state index contributed by atoms with van der Waals surface area (Å²) in [5.41, 5.74) is 4.56. The van der Waals surface area contributed by atoms with Crippen molar-refractivity contribution in [3.05, 3.63) is 77.9 Å². The Labute approximate surface area is 221 Å². The average Bonchev–Trinajstić information content (AvgIpc) is 2.86. The molecule has 1 aliphatic carbocycles. The van der Waals surface area contributed by atoms with Gasteiger partial charge in [-0.2, -0.15) is 0 Å². The monoisotopic (exact) mass is 501 g/mol. The maximum atomic E-state index is 12.9. The molecular weight excluding hydrogens is 462 g/mol. The first kappa shape index (κ1) is 26.3. The normalized spacial score (nSPS) is 15.1. The van der Waals surface area contributed by atoms with E-state index in [1.54, 1.807) is 24.5 Å². The second-order valence-electron chi connectivity index (χ2n) is 10.7. The molecule has 2 heterocycles. The van der Waals surface area contributed by atoms with Gasteiger partial charge in [-0.15, -0.1) is 6.58 Å². The highest BCUT2D eigenvalue weighted by atomic mass is 16.1. The van der Waals surface area contributed by atoms with Crippen molar-refractivity contribution >= 4 is 28.9 Å². The molecule has 8 heteroatoms. The highest BCUT2D eigenvalue weighted by Crippen LogP contribution is 2.29. The summed E-state index contributed by atoms with van der Waals surface area (Å²) in [6.07, 6.45) is 8.25. The van der Waals surface area contributed by atoms with Crippen LogP contribution < -0.4 is 16.0 Å². The first-order valence-electron chi connectivity index (χ1n) is 12.7. The van der Waals surface area contributed by atoms with E-state index in [1.807, 2.05) is 6.07 Å². The van der Waals surface area contributed by atoms with Crippen molar-refractivity contribution < 1.29 is 6.22 Å². The highest BCUT2D eigenvalue weighted by molar-refractivity contribution is 6.00. The van der Waals surface area contributed by atoms with Gasteiger partial charge in [0.15, 0.2) is 0 Å². The number of hydrogen-bond acceptors (Lipinski definition) is 7. The van der Waals surface area contributed by atoms with E-state index in [9.17, 15) is 4.79 Å². The zero-order chi connectivity index (χ0) is 26.6. The number of likely N-dealkylation sites (N-methyl/N-ethyl adjacent to an activating group) is 1. The van der Waals surface area contributed by atoms with Crippen LogP contribution in [0.4, 0.5) is 23.0 Å². The van der Waals surface area contributed by atoms with Crippen LogP contribution in [0.25, 0.3) is 0 Å². The zero-order valence-electron chi connectivity index (χ0n) is 22.4. The summed E-state index contributed by atoms with van der Waals surface area (Å²) < 4.78 is 0. The topological polar surface area (TPSA) is 95.1 Å². The Balaban J connectivity index is 0.00000400. The van der Waals surface area contributed by atoms with Gasteiger partial charge in [-0.25, -0.2) is 15.0 Å². The van der Waals surface area contributed by atoms with Gasteiger partial charge < -0.3 is 20.9 Å². The van der Waals surface area contributed by atoms with Crippen LogP contribution in [0.15, 0.2) is 55.4 Å². The van der Waals surface area contributed by atoms with Crippen molar-refractivity contribution in [2.24, 2.45) is 0 Å². The molecule has 1 amide bonds. The Morgan fingerprint density at radius 2 is 1.95 bits per heavy atom. The number of nitrogens with one attached hydrogen (secondary N) is 3. The molecule has 0 saturated carbocycles. The quantitative estimate of drug-likeness (QED) is 0.364. The van der Waals surface area contributed by atoms with Gasteiger partial charge in [0.25, 0.3) is 5.91 Å². The van der Waals surface area contributed by atoms with Crippen LogP contribution in [0, 0.1) is 0 Å². The van der Waals surface area contributed by atoms with Gasteiger partial charge in [-0.1, -0.05) is 32.9 Å². The predicted octanol–water partition coefficient (Wildman–Crippen LogP) is 5.24. The summed E-state index contributed by atoms with van der Waals surface area (Å²) in [6.45, 7) is 10.2. The largest absolute Gasteiger partial charge is 0.348 e. The molecule has 37 heavy (non-hydrogen) atoms. The summed E-state index contributed by atoms with van der Waals surface area (Å²) in [6, 6.07) is 10.7. The number of rotatable bonds is 8. The molecule has 0 bridgehead atoms. The van der Waals surface area contributed by atoms with E-state index in [1.165, 1.54) is 17.5 Å². The lowest BCUT2D eigenvalue weighted by Crippen LogP contribution is -2.33. The molecule has 196 valence electrons. The highest BCUT2D eigenvalue weighted by Gasteiger charge is 2.21. The van der Waals surface area contributed by atoms with Crippen LogP contribution in [0.5, 0.6) is 0 Å². The minimum atomic E-state index is -0.241. The predicted molar refractivity (Wildman–Crippen MR) is 152 cm³/mol. The fraction of sp³-hybridized carbons (Fsp3) is 0.379. The summed E-state index contributed by atoms with van der Waals surface area (Å²) in [7, 11) is 4.29. The molecule has 3 N–H and O–H groups in total. The van der Waals surface area contributed by atoms with Gasteiger partial charge in [-0.05, 0) is 62.7 Å². The SMILES string of the molecule is C=CCNC(=O)c1cnc(Nc2ccc3c(c2)CC(N(C)C)CC3)cc1Nc1ccnc(C(C)(C)C)n1.[HH]. The number of carbonyl (C=O) groups excluding carboxylic acids is 1. The molecule has 1 atom stereocenters. The van der Waals surface area contributed by atoms with Crippen LogP contribution in [-0.4, -0.2) is 52.4 Å². The minimum absolute atomic E-state index is 0. The molecular formula is C29H39N7O. The molecule has 0 saturated heterocycles. The molecule has 0 fully saturated rings. The van der Waals surface area contributed by atoms with E-state index in [2.05, 4.69) is 95.4 Å². The Kier molecular flexibility index (Phi) is 7.88. The van der Waals surface area contributed by atoms with Crippen molar-refractivity contribution in [1.82, 2.24) is 25.2 Å². The number of nitrogens with zero attached hydrogens (tertiary/aromatic N) is 4. The molecule has 1 unspecified atom stereocenters. The molecule has 1 aromatic carbocycles. The van der Waals surface area contributed by atoms with E-state index >= 15 is 0 Å². The van der Waals surface area contributed by atoms with Crippen molar-refractivity contribution in [2.75, 3.05) is 31.3 Å². The first-order valence-corrected chi connectivity index (χ1v) is 12.7. The molecule has 0 aliphatic heterocycles. The lowest BCUT2D eigenvalue weighted by molar-refractivity contribution is 0.0958. The second-order valence-corrected chi connectivity index (χ2v) is 10.7. The minimum Gasteiger partial charge on any atom is -0.348 e.